The largest absolute Gasteiger partial charge is 0.481 e. The summed E-state index contributed by atoms with van der Waals surface area (Å²) in [5.41, 5.74) is 16.7. The summed E-state index contributed by atoms with van der Waals surface area (Å²) in [6, 6.07) is -3.84. The van der Waals surface area contributed by atoms with Crippen molar-refractivity contribution in [2.24, 2.45) is 22.2 Å². The lowest BCUT2D eigenvalue weighted by molar-refractivity contribution is -0.147. The number of aliphatic carboxylic acids is 2. The predicted octanol–water partition coefficient (Wildman–Crippen LogP) is -3.14. The number of hydrogen-bond donors (Lipinski definition) is 8. The summed E-state index contributed by atoms with van der Waals surface area (Å²) in [5.74, 6) is -4.53. The fourth-order valence-electron chi connectivity index (χ4n) is 2.40. The maximum Gasteiger partial charge on any atom is 0.326 e. The summed E-state index contributed by atoms with van der Waals surface area (Å²) in [6.45, 7) is 0.275. The van der Waals surface area contributed by atoms with Crippen LogP contribution < -0.4 is 27.8 Å². The summed E-state index contributed by atoms with van der Waals surface area (Å²) in [6.07, 6.45) is 2.58. The first kappa shape index (κ1) is 24.4. The highest BCUT2D eigenvalue weighted by Gasteiger charge is 2.29. The molecule has 30 heavy (non-hydrogen) atoms. The molecule has 11 N–H and O–H groups in total. The molecule has 14 heteroatoms. The number of carbonyl (C=O) groups is 4. The Morgan fingerprint density at radius 2 is 1.80 bits per heavy atom. The number of carboxylic acids is 2. The van der Waals surface area contributed by atoms with E-state index in [9.17, 15) is 19.2 Å². The van der Waals surface area contributed by atoms with E-state index in [1.165, 1.54) is 12.5 Å². The van der Waals surface area contributed by atoms with Gasteiger partial charge in [-0.15, -0.1) is 0 Å². The fraction of sp³-hybridized carbons (Fsp3) is 0.500. The number of carbonyl (C=O) groups excluding carboxylic acids is 2. The van der Waals surface area contributed by atoms with Crippen molar-refractivity contribution >= 4 is 29.7 Å². The van der Waals surface area contributed by atoms with Crippen molar-refractivity contribution in [2.45, 2.75) is 43.8 Å². The van der Waals surface area contributed by atoms with Crippen molar-refractivity contribution < 1.29 is 29.4 Å². The monoisotopic (exact) mass is 426 g/mol. The van der Waals surface area contributed by atoms with Gasteiger partial charge in [0.25, 0.3) is 0 Å². The molecule has 3 unspecified atom stereocenters. The van der Waals surface area contributed by atoms with Crippen LogP contribution in [-0.2, 0) is 25.6 Å². The van der Waals surface area contributed by atoms with E-state index in [4.69, 9.17) is 27.4 Å². The van der Waals surface area contributed by atoms with E-state index in [1.54, 1.807) is 0 Å². The van der Waals surface area contributed by atoms with Crippen molar-refractivity contribution in [1.29, 1.82) is 0 Å². The second-order valence-electron chi connectivity index (χ2n) is 6.39. The summed E-state index contributed by atoms with van der Waals surface area (Å²) in [4.78, 5) is 57.3. The first-order chi connectivity index (χ1) is 14.1. The molecular formula is C16H26N8O6. The molecule has 0 aromatic carbocycles. The summed E-state index contributed by atoms with van der Waals surface area (Å²) < 4.78 is 0. The molecule has 0 radical (unpaired) electrons. The Morgan fingerprint density at radius 1 is 1.13 bits per heavy atom. The number of nitrogens with two attached hydrogens (primary N) is 3. The normalized spacial score (nSPS) is 13.5. The Bertz CT molecular complexity index is 762. The van der Waals surface area contributed by atoms with Crippen molar-refractivity contribution in [3.8, 4) is 0 Å². The number of guanidine groups is 1. The molecule has 0 saturated carbocycles. The van der Waals surface area contributed by atoms with Crippen molar-refractivity contribution in [1.82, 2.24) is 20.6 Å². The van der Waals surface area contributed by atoms with E-state index in [0.29, 0.717) is 12.1 Å². The van der Waals surface area contributed by atoms with Gasteiger partial charge in [-0.2, -0.15) is 0 Å². The van der Waals surface area contributed by atoms with Crippen LogP contribution in [0.4, 0.5) is 0 Å². The Hall–Kier alpha value is -3.68. The third kappa shape index (κ3) is 9.01. The number of nitrogens with zero attached hydrogens (tertiary/aromatic N) is 2. The minimum Gasteiger partial charge on any atom is -0.481 e. The van der Waals surface area contributed by atoms with Crippen molar-refractivity contribution in [3.05, 3.63) is 18.2 Å². The second kappa shape index (κ2) is 12.0. The van der Waals surface area contributed by atoms with Gasteiger partial charge in [0.1, 0.15) is 12.1 Å². The molecule has 0 saturated heterocycles. The van der Waals surface area contributed by atoms with Gasteiger partial charge in [0.05, 0.1) is 18.8 Å². The van der Waals surface area contributed by atoms with Crippen LogP contribution in [0.2, 0.25) is 0 Å². The number of aliphatic imine (C=N–C) groups is 1. The van der Waals surface area contributed by atoms with E-state index in [2.05, 4.69) is 25.6 Å². The standard InChI is InChI=1S/C16H26N8O6/c17-9(2-1-3-21-16(18)19)13(27)23-10(4-8-6-20-7-22-8)14(28)24-11(15(29)30)5-12(25)26/h6-7,9-11H,1-5,17H2,(H,20,22)(H,23,27)(H,24,28)(H,25,26)(H,29,30)(H4,18,19,21). The number of amides is 2. The number of aromatic amines is 1. The van der Waals surface area contributed by atoms with Crippen LogP contribution in [-0.4, -0.2) is 74.6 Å². The number of H-pyrrole nitrogens is 1. The average Bonchev–Trinajstić information content (AvgIpc) is 3.16. The molecule has 1 heterocycles. The highest BCUT2D eigenvalue weighted by atomic mass is 16.4. The second-order valence-corrected chi connectivity index (χ2v) is 6.39. The lowest BCUT2D eigenvalue weighted by Gasteiger charge is -2.22. The van der Waals surface area contributed by atoms with E-state index in [0.717, 1.165) is 0 Å². The number of rotatable bonds is 13. The molecule has 1 aromatic heterocycles. The zero-order valence-electron chi connectivity index (χ0n) is 16.1. The maximum atomic E-state index is 12.6. The number of nitrogens with one attached hydrogen (secondary N) is 3. The number of aromatic nitrogens is 2. The highest BCUT2D eigenvalue weighted by molar-refractivity contribution is 5.92. The summed E-state index contributed by atoms with van der Waals surface area (Å²) in [7, 11) is 0. The van der Waals surface area contributed by atoms with Gasteiger partial charge >= 0.3 is 11.9 Å². The molecule has 0 aliphatic rings. The quantitative estimate of drug-likeness (QED) is 0.0893. The Balaban J connectivity index is 2.80. The van der Waals surface area contributed by atoms with E-state index in [-0.39, 0.29) is 25.3 Å². The smallest absolute Gasteiger partial charge is 0.326 e. The van der Waals surface area contributed by atoms with Crippen LogP contribution >= 0.6 is 0 Å². The molecule has 3 atom stereocenters. The van der Waals surface area contributed by atoms with Gasteiger partial charge < -0.3 is 43.0 Å². The predicted molar refractivity (Wildman–Crippen MR) is 104 cm³/mol. The van der Waals surface area contributed by atoms with Crippen molar-refractivity contribution in [2.75, 3.05) is 6.54 Å². The Morgan fingerprint density at radius 3 is 2.33 bits per heavy atom. The van der Waals surface area contributed by atoms with Crippen LogP contribution in [0, 0.1) is 0 Å². The lowest BCUT2D eigenvalue weighted by Crippen LogP contribution is -2.55. The average molecular weight is 426 g/mol. The molecule has 1 aromatic rings. The lowest BCUT2D eigenvalue weighted by atomic mass is 10.1. The van der Waals surface area contributed by atoms with Crippen LogP contribution in [0.15, 0.2) is 17.5 Å². The molecule has 0 fully saturated rings. The number of hydrogen-bond acceptors (Lipinski definition) is 7. The van der Waals surface area contributed by atoms with Gasteiger partial charge in [0.2, 0.25) is 11.8 Å². The van der Waals surface area contributed by atoms with Gasteiger partial charge in [0.15, 0.2) is 5.96 Å². The molecule has 14 nitrogen and oxygen atoms in total. The van der Waals surface area contributed by atoms with Gasteiger partial charge in [-0.25, -0.2) is 9.78 Å². The highest BCUT2D eigenvalue weighted by Crippen LogP contribution is 2.03. The summed E-state index contributed by atoms with van der Waals surface area (Å²) in [5, 5.41) is 22.5. The van der Waals surface area contributed by atoms with E-state index >= 15 is 0 Å². The SMILES string of the molecule is NC(N)=NCCCC(N)C(=O)NC(Cc1cnc[nH]1)C(=O)NC(CC(=O)O)C(=O)O. The maximum absolute atomic E-state index is 12.6. The van der Waals surface area contributed by atoms with Crippen LogP contribution in [0.3, 0.4) is 0 Å². The van der Waals surface area contributed by atoms with Crippen LogP contribution in [0.25, 0.3) is 0 Å². The molecule has 0 aliphatic carbocycles. The molecule has 2 amide bonds. The van der Waals surface area contributed by atoms with Crippen molar-refractivity contribution in [3.63, 3.8) is 0 Å². The first-order valence-electron chi connectivity index (χ1n) is 8.93. The minimum absolute atomic E-state index is 0.0439. The van der Waals surface area contributed by atoms with Crippen LogP contribution in [0.1, 0.15) is 25.0 Å². The molecule has 166 valence electrons. The minimum atomic E-state index is -1.66. The molecule has 1 rings (SSSR count). The Kier molecular flexibility index (Phi) is 9.75. The molecule has 0 bridgehead atoms. The fourth-order valence-corrected chi connectivity index (χ4v) is 2.40. The molecule has 0 spiro atoms. The van der Waals surface area contributed by atoms with Gasteiger partial charge in [-0.1, -0.05) is 0 Å². The molecular weight excluding hydrogens is 400 g/mol. The van der Waals surface area contributed by atoms with Gasteiger partial charge in [-0.3, -0.25) is 19.4 Å². The van der Waals surface area contributed by atoms with Gasteiger partial charge in [0, 0.05) is 24.9 Å². The third-order valence-corrected chi connectivity index (χ3v) is 3.91. The van der Waals surface area contributed by atoms with Crippen LogP contribution in [0.5, 0.6) is 0 Å². The zero-order chi connectivity index (χ0) is 22.7. The molecule has 0 aliphatic heterocycles. The first-order valence-corrected chi connectivity index (χ1v) is 8.93. The van der Waals surface area contributed by atoms with E-state index in [1.807, 2.05) is 0 Å². The number of imidazole rings is 1. The Labute approximate surface area is 171 Å². The summed E-state index contributed by atoms with van der Waals surface area (Å²) >= 11 is 0. The zero-order valence-corrected chi connectivity index (χ0v) is 16.1. The topological polar surface area (TPSA) is 252 Å². The third-order valence-electron chi connectivity index (χ3n) is 3.91. The van der Waals surface area contributed by atoms with Gasteiger partial charge in [-0.05, 0) is 12.8 Å². The van der Waals surface area contributed by atoms with E-state index < -0.39 is 48.3 Å². The number of carboxylic acid groups (broad SMARTS) is 2.